The molecule has 4 heteroatoms. The van der Waals surface area contributed by atoms with Gasteiger partial charge in [-0.25, -0.2) is 4.79 Å². The SMILES string of the molecule is CC(O)COC(=O)N(C)C. The van der Waals surface area contributed by atoms with Gasteiger partial charge in [0.2, 0.25) is 0 Å². The van der Waals surface area contributed by atoms with Crippen molar-refractivity contribution in [2.45, 2.75) is 13.0 Å². The minimum Gasteiger partial charge on any atom is -0.447 e. The zero-order chi connectivity index (χ0) is 8.15. The van der Waals surface area contributed by atoms with E-state index in [0.29, 0.717) is 0 Å². The number of carbonyl (C=O) groups excluding carboxylic acids is 1. The number of ether oxygens (including phenoxy) is 1. The van der Waals surface area contributed by atoms with Crippen molar-refractivity contribution in [3.63, 3.8) is 0 Å². The Bertz CT molecular complexity index is 112. The summed E-state index contributed by atoms with van der Waals surface area (Å²) >= 11 is 0. The van der Waals surface area contributed by atoms with Crippen LogP contribution in [0.4, 0.5) is 4.79 Å². The Hall–Kier alpha value is -0.770. The van der Waals surface area contributed by atoms with Crippen molar-refractivity contribution in [1.82, 2.24) is 4.90 Å². The molecule has 0 aromatic rings. The van der Waals surface area contributed by atoms with Crippen molar-refractivity contribution in [1.29, 1.82) is 0 Å². The van der Waals surface area contributed by atoms with E-state index in [9.17, 15) is 4.79 Å². The van der Waals surface area contributed by atoms with E-state index >= 15 is 0 Å². The molecule has 0 rings (SSSR count). The highest BCUT2D eigenvalue weighted by molar-refractivity contribution is 5.66. The van der Waals surface area contributed by atoms with Crippen molar-refractivity contribution in [2.24, 2.45) is 0 Å². The Kier molecular flexibility index (Phi) is 3.79. The normalized spacial score (nSPS) is 12.4. The summed E-state index contributed by atoms with van der Waals surface area (Å²) in [5, 5.41) is 8.69. The second kappa shape index (κ2) is 4.11. The van der Waals surface area contributed by atoms with Crippen LogP contribution in [0.25, 0.3) is 0 Å². The van der Waals surface area contributed by atoms with Gasteiger partial charge in [-0.1, -0.05) is 0 Å². The minimum atomic E-state index is -0.594. The molecule has 0 bridgehead atoms. The van der Waals surface area contributed by atoms with E-state index in [2.05, 4.69) is 4.74 Å². The molecule has 0 aliphatic rings. The summed E-state index contributed by atoms with van der Waals surface area (Å²) in [6.07, 6.45) is -1.02. The Morgan fingerprint density at radius 1 is 1.70 bits per heavy atom. The smallest absolute Gasteiger partial charge is 0.409 e. The van der Waals surface area contributed by atoms with Crippen molar-refractivity contribution in [2.75, 3.05) is 20.7 Å². The second-order valence-corrected chi connectivity index (χ2v) is 2.32. The predicted octanol–water partition coefficient (Wildman–Crippen LogP) is 0.0654. The number of aliphatic hydroxyl groups is 1. The second-order valence-electron chi connectivity index (χ2n) is 2.32. The molecule has 1 unspecified atom stereocenters. The summed E-state index contributed by atoms with van der Waals surface area (Å²) in [5.74, 6) is 0. The first-order valence-corrected chi connectivity index (χ1v) is 3.06. The zero-order valence-corrected chi connectivity index (χ0v) is 6.50. The number of carbonyl (C=O) groups is 1. The van der Waals surface area contributed by atoms with Crippen LogP contribution < -0.4 is 0 Å². The summed E-state index contributed by atoms with van der Waals surface area (Å²) in [4.78, 5) is 11.9. The summed E-state index contributed by atoms with van der Waals surface area (Å²) in [7, 11) is 3.18. The molecule has 4 nitrogen and oxygen atoms in total. The van der Waals surface area contributed by atoms with Gasteiger partial charge in [0.1, 0.15) is 6.61 Å². The van der Waals surface area contributed by atoms with Crippen molar-refractivity contribution in [3.8, 4) is 0 Å². The molecular formula is C6H13NO3. The van der Waals surface area contributed by atoms with Gasteiger partial charge in [0, 0.05) is 14.1 Å². The number of hydrogen-bond donors (Lipinski definition) is 1. The van der Waals surface area contributed by atoms with E-state index in [1.807, 2.05) is 0 Å². The van der Waals surface area contributed by atoms with Crippen LogP contribution in [0, 0.1) is 0 Å². The molecule has 1 N–H and O–H groups in total. The van der Waals surface area contributed by atoms with Gasteiger partial charge in [0.05, 0.1) is 6.10 Å². The van der Waals surface area contributed by atoms with Crippen LogP contribution in [-0.4, -0.2) is 42.9 Å². The van der Waals surface area contributed by atoms with Gasteiger partial charge in [0.15, 0.2) is 0 Å². The van der Waals surface area contributed by atoms with Crippen LogP contribution in [0.5, 0.6) is 0 Å². The third-order valence-corrected chi connectivity index (χ3v) is 0.813. The van der Waals surface area contributed by atoms with Gasteiger partial charge in [-0.2, -0.15) is 0 Å². The fourth-order valence-electron chi connectivity index (χ4n) is 0.321. The molecule has 0 spiro atoms. The average molecular weight is 147 g/mol. The highest BCUT2D eigenvalue weighted by Gasteiger charge is 2.05. The van der Waals surface area contributed by atoms with Gasteiger partial charge in [0.25, 0.3) is 0 Å². The minimum absolute atomic E-state index is 0.0526. The molecule has 10 heavy (non-hydrogen) atoms. The van der Waals surface area contributed by atoms with E-state index in [4.69, 9.17) is 5.11 Å². The van der Waals surface area contributed by atoms with Crippen LogP contribution in [0.1, 0.15) is 6.92 Å². The first-order valence-electron chi connectivity index (χ1n) is 3.06. The zero-order valence-electron chi connectivity index (χ0n) is 6.50. The van der Waals surface area contributed by atoms with Crippen LogP contribution in [0.2, 0.25) is 0 Å². The lowest BCUT2D eigenvalue weighted by atomic mass is 10.4. The summed E-state index contributed by atoms with van der Waals surface area (Å²) in [5.41, 5.74) is 0. The maximum absolute atomic E-state index is 10.6. The van der Waals surface area contributed by atoms with Crippen molar-refractivity contribution in [3.05, 3.63) is 0 Å². The average Bonchev–Trinajstić information content (AvgIpc) is 1.82. The molecule has 0 aromatic carbocycles. The fourth-order valence-corrected chi connectivity index (χ4v) is 0.321. The van der Waals surface area contributed by atoms with E-state index in [1.54, 1.807) is 21.0 Å². The van der Waals surface area contributed by atoms with Gasteiger partial charge in [-0.05, 0) is 6.92 Å². The largest absolute Gasteiger partial charge is 0.447 e. The lowest BCUT2D eigenvalue weighted by Gasteiger charge is -2.11. The topological polar surface area (TPSA) is 49.8 Å². The Morgan fingerprint density at radius 2 is 2.20 bits per heavy atom. The summed E-state index contributed by atoms with van der Waals surface area (Å²) < 4.78 is 4.60. The molecule has 1 amide bonds. The maximum Gasteiger partial charge on any atom is 0.409 e. The number of amides is 1. The number of hydrogen-bond acceptors (Lipinski definition) is 3. The first kappa shape index (κ1) is 9.23. The third kappa shape index (κ3) is 4.14. The quantitative estimate of drug-likeness (QED) is 0.601. The highest BCUT2D eigenvalue weighted by atomic mass is 16.6. The molecule has 60 valence electrons. The Balaban J connectivity index is 3.40. The molecule has 0 radical (unpaired) electrons. The molecule has 0 aliphatic carbocycles. The molecule has 0 aliphatic heterocycles. The van der Waals surface area contributed by atoms with E-state index in [1.165, 1.54) is 4.90 Å². The molecule has 0 saturated heterocycles. The van der Waals surface area contributed by atoms with E-state index < -0.39 is 12.2 Å². The number of aliphatic hydroxyl groups excluding tert-OH is 1. The first-order chi connectivity index (χ1) is 4.54. The number of rotatable bonds is 2. The molecule has 0 aromatic heterocycles. The standard InChI is InChI=1S/C6H13NO3/c1-5(8)4-10-6(9)7(2)3/h5,8H,4H2,1-3H3. The van der Waals surface area contributed by atoms with Gasteiger partial charge in [-0.15, -0.1) is 0 Å². The van der Waals surface area contributed by atoms with Crippen LogP contribution in [0.15, 0.2) is 0 Å². The van der Waals surface area contributed by atoms with Gasteiger partial charge >= 0.3 is 6.09 Å². The van der Waals surface area contributed by atoms with Gasteiger partial charge in [-0.3, -0.25) is 0 Å². The summed E-state index contributed by atoms with van der Waals surface area (Å²) in [6, 6.07) is 0. The highest BCUT2D eigenvalue weighted by Crippen LogP contribution is 1.88. The Morgan fingerprint density at radius 3 is 2.50 bits per heavy atom. The van der Waals surface area contributed by atoms with Crippen LogP contribution in [-0.2, 0) is 4.74 Å². The molecule has 0 saturated carbocycles. The lowest BCUT2D eigenvalue weighted by Crippen LogP contribution is -2.25. The monoisotopic (exact) mass is 147 g/mol. The molecule has 1 atom stereocenters. The van der Waals surface area contributed by atoms with E-state index in [-0.39, 0.29) is 6.61 Å². The lowest BCUT2D eigenvalue weighted by molar-refractivity contribution is 0.0633. The molecule has 0 heterocycles. The third-order valence-electron chi connectivity index (χ3n) is 0.813. The summed E-state index contributed by atoms with van der Waals surface area (Å²) in [6.45, 7) is 1.61. The van der Waals surface area contributed by atoms with Crippen LogP contribution in [0.3, 0.4) is 0 Å². The van der Waals surface area contributed by atoms with Crippen molar-refractivity contribution < 1.29 is 14.6 Å². The van der Waals surface area contributed by atoms with Crippen molar-refractivity contribution >= 4 is 6.09 Å². The molecule has 0 fully saturated rings. The maximum atomic E-state index is 10.6. The Labute approximate surface area is 60.4 Å². The fraction of sp³-hybridized carbons (Fsp3) is 0.833. The van der Waals surface area contributed by atoms with Crippen LogP contribution >= 0.6 is 0 Å². The van der Waals surface area contributed by atoms with E-state index in [0.717, 1.165) is 0 Å². The predicted molar refractivity (Wildman–Crippen MR) is 36.7 cm³/mol. The molecular weight excluding hydrogens is 134 g/mol. The number of nitrogens with zero attached hydrogens (tertiary/aromatic N) is 1. The van der Waals surface area contributed by atoms with Gasteiger partial charge < -0.3 is 14.7 Å².